The van der Waals surface area contributed by atoms with E-state index in [0.717, 1.165) is 55.2 Å². The Bertz CT molecular complexity index is 1030. The van der Waals surface area contributed by atoms with Gasteiger partial charge in [-0.05, 0) is 67.5 Å². The van der Waals surface area contributed by atoms with E-state index in [1.54, 1.807) is 0 Å². The lowest BCUT2D eigenvalue weighted by atomic mass is 9.93. The van der Waals surface area contributed by atoms with E-state index in [1.807, 2.05) is 18.0 Å². The van der Waals surface area contributed by atoms with E-state index >= 15 is 0 Å². The molecule has 1 atom stereocenters. The maximum Gasteiger partial charge on any atom is 0.124 e. The molecule has 4 rings (SSSR count). The third-order valence-electron chi connectivity index (χ3n) is 6.45. The molecule has 4 heteroatoms. The van der Waals surface area contributed by atoms with Gasteiger partial charge in [0.1, 0.15) is 5.75 Å². The second-order valence-corrected chi connectivity index (χ2v) is 9.42. The molecule has 0 fully saturated rings. The van der Waals surface area contributed by atoms with Gasteiger partial charge in [-0.25, -0.2) is 0 Å². The normalized spacial score (nSPS) is 15.3. The molecule has 0 aliphatic carbocycles. The smallest absolute Gasteiger partial charge is 0.124 e. The van der Waals surface area contributed by atoms with Gasteiger partial charge in [0.2, 0.25) is 0 Å². The lowest BCUT2D eigenvalue weighted by molar-refractivity contribution is 0.264. The van der Waals surface area contributed by atoms with Crippen LogP contribution in [0.2, 0.25) is 0 Å². The second kappa shape index (κ2) is 10.5. The maximum atomic E-state index is 5.78. The molecule has 0 saturated heterocycles. The molecule has 1 aliphatic heterocycles. The molecular weight excluding hydrogens is 412 g/mol. The summed E-state index contributed by atoms with van der Waals surface area (Å²) in [4.78, 5) is 5.07. The van der Waals surface area contributed by atoms with Crippen LogP contribution in [-0.4, -0.2) is 17.3 Å². The van der Waals surface area contributed by atoms with Gasteiger partial charge >= 0.3 is 0 Å². The molecule has 1 aromatic heterocycles. The Hall–Kier alpha value is -2.30. The molecule has 1 aliphatic rings. The van der Waals surface area contributed by atoms with Crippen molar-refractivity contribution >= 4 is 11.9 Å². The van der Waals surface area contributed by atoms with Gasteiger partial charge in [-0.15, -0.1) is 0 Å². The number of benzene rings is 2. The van der Waals surface area contributed by atoms with Crippen molar-refractivity contribution in [3.63, 3.8) is 0 Å². The summed E-state index contributed by atoms with van der Waals surface area (Å²) < 4.78 is 9.45. The number of aryl methyl sites for hydroxylation is 4. The van der Waals surface area contributed by atoms with Gasteiger partial charge in [-0.1, -0.05) is 62.2 Å². The number of fused-ring (bicyclic) bond motifs is 1. The van der Waals surface area contributed by atoms with Crippen LogP contribution >= 0.6 is 11.9 Å². The Morgan fingerprint density at radius 2 is 1.78 bits per heavy atom. The summed E-state index contributed by atoms with van der Waals surface area (Å²) in [6.45, 7) is 9.64. The summed E-state index contributed by atoms with van der Waals surface area (Å²) in [6, 6.07) is 17.7. The molecule has 168 valence electrons. The first-order valence-electron chi connectivity index (χ1n) is 11.8. The third-order valence-corrected chi connectivity index (χ3v) is 7.31. The van der Waals surface area contributed by atoms with Crippen LogP contribution in [0.3, 0.4) is 0 Å². The Morgan fingerprint density at radius 3 is 2.50 bits per heavy atom. The molecule has 32 heavy (non-hydrogen) atoms. The van der Waals surface area contributed by atoms with Crippen LogP contribution in [0, 0.1) is 13.8 Å². The van der Waals surface area contributed by atoms with Crippen LogP contribution < -0.4 is 9.46 Å². The van der Waals surface area contributed by atoms with Crippen molar-refractivity contribution in [2.24, 2.45) is 0 Å². The average Bonchev–Trinajstić information content (AvgIpc) is 2.82. The van der Waals surface area contributed by atoms with Crippen LogP contribution in [0.15, 0.2) is 48.5 Å². The fourth-order valence-corrected chi connectivity index (χ4v) is 5.58. The number of ether oxygens (including phenoxy) is 1. The predicted molar refractivity (Wildman–Crippen MR) is 136 cm³/mol. The summed E-state index contributed by atoms with van der Waals surface area (Å²) in [5.41, 5.74) is 10.4. The van der Waals surface area contributed by atoms with Crippen LogP contribution in [0.5, 0.6) is 5.75 Å². The number of hydrogen-bond donors (Lipinski definition) is 1. The van der Waals surface area contributed by atoms with Crippen molar-refractivity contribution in [1.29, 1.82) is 0 Å². The fourth-order valence-electron chi connectivity index (χ4n) is 4.71. The molecular formula is C28H34N2OS. The molecule has 0 amide bonds. The topological polar surface area (TPSA) is 34.1 Å². The number of pyridine rings is 1. The van der Waals surface area contributed by atoms with Crippen molar-refractivity contribution in [1.82, 2.24) is 9.71 Å². The minimum atomic E-state index is 0.352. The summed E-state index contributed by atoms with van der Waals surface area (Å²) in [7, 11) is 0. The van der Waals surface area contributed by atoms with Crippen molar-refractivity contribution in [2.45, 2.75) is 59.4 Å². The monoisotopic (exact) mass is 446 g/mol. The quantitative estimate of drug-likeness (QED) is 0.305. The molecule has 3 aromatic rings. The zero-order chi connectivity index (χ0) is 22.5. The van der Waals surface area contributed by atoms with E-state index in [2.05, 4.69) is 74.9 Å². The molecule has 1 N–H and O–H groups in total. The number of para-hydroxylation sites is 1. The van der Waals surface area contributed by atoms with E-state index in [4.69, 9.17) is 9.72 Å². The lowest BCUT2D eigenvalue weighted by Gasteiger charge is -2.26. The largest absolute Gasteiger partial charge is 0.493 e. The van der Waals surface area contributed by atoms with E-state index < -0.39 is 0 Å². The van der Waals surface area contributed by atoms with Gasteiger partial charge in [-0.2, -0.15) is 0 Å². The van der Waals surface area contributed by atoms with Crippen molar-refractivity contribution < 1.29 is 4.74 Å². The van der Waals surface area contributed by atoms with E-state index in [1.165, 1.54) is 33.4 Å². The molecule has 2 heterocycles. The van der Waals surface area contributed by atoms with Crippen LogP contribution in [0.4, 0.5) is 0 Å². The first-order valence-corrected chi connectivity index (χ1v) is 12.8. The maximum absolute atomic E-state index is 5.78. The highest BCUT2D eigenvalue weighted by Gasteiger charge is 2.20. The minimum Gasteiger partial charge on any atom is -0.493 e. The van der Waals surface area contributed by atoms with Crippen molar-refractivity contribution in [2.75, 3.05) is 12.4 Å². The highest BCUT2D eigenvalue weighted by molar-refractivity contribution is 7.97. The highest BCUT2D eigenvalue weighted by Crippen LogP contribution is 2.33. The SMILES string of the molecule is CCc1cccc(CC)c1-c1cc(C)c(CCSNC2CCOc3ccccc32)c(C)n1. The summed E-state index contributed by atoms with van der Waals surface area (Å²) in [5.74, 6) is 2.04. The zero-order valence-corrected chi connectivity index (χ0v) is 20.5. The molecule has 0 saturated carbocycles. The fraction of sp³-hybridized carbons (Fsp3) is 0.393. The van der Waals surface area contributed by atoms with E-state index in [0.29, 0.717) is 6.04 Å². The zero-order valence-electron chi connectivity index (χ0n) is 19.7. The summed E-state index contributed by atoms with van der Waals surface area (Å²) in [6.07, 6.45) is 4.09. The Balaban J connectivity index is 1.44. The lowest BCUT2D eigenvalue weighted by Crippen LogP contribution is -2.23. The van der Waals surface area contributed by atoms with E-state index in [-0.39, 0.29) is 0 Å². The first-order chi connectivity index (χ1) is 15.6. The highest BCUT2D eigenvalue weighted by atomic mass is 32.2. The molecule has 3 nitrogen and oxygen atoms in total. The predicted octanol–water partition coefficient (Wildman–Crippen LogP) is 6.79. The molecule has 2 aromatic carbocycles. The Morgan fingerprint density at radius 1 is 1.03 bits per heavy atom. The van der Waals surface area contributed by atoms with Crippen LogP contribution in [-0.2, 0) is 19.3 Å². The molecule has 0 spiro atoms. The number of nitrogens with zero attached hydrogens (tertiary/aromatic N) is 1. The van der Waals surface area contributed by atoms with Gasteiger partial charge in [0.15, 0.2) is 0 Å². The number of rotatable bonds is 8. The summed E-state index contributed by atoms with van der Waals surface area (Å²) >= 11 is 1.81. The first kappa shape index (κ1) is 22.9. The van der Waals surface area contributed by atoms with Gasteiger partial charge < -0.3 is 4.74 Å². The Kier molecular flexibility index (Phi) is 7.54. The van der Waals surface area contributed by atoms with Crippen LogP contribution in [0.1, 0.15) is 59.8 Å². The average molecular weight is 447 g/mol. The van der Waals surface area contributed by atoms with Crippen molar-refractivity contribution in [3.05, 3.63) is 82.0 Å². The number of nitrogens with one attached hydrogen (secondary N) is 1. The van der Waals surface area contributed by atoms with Gasteiger partial charge in [0.05, 0.1) is 12.3 Å². The van der Waals surface area contributed by atoms with Gasteiger partial charge in [-0.3, -0.25) is 9.71 Å². The standard InChI is InChI=1S/C28H34N2OS/c1-5-21-10-9-11-22(6-2)28(21)26-18-19(3)23(20(4)29-26)15-17-32-30-25-14-16-31-27-13-8-7-12-24(25)27/h7-13,18,25,30H,5-6,14-17H2,1-4H3. The van der Waals surface area contributed by atoms with Crippen molar-refractivity contribution in [3.8, 4) is 17.0 Å². The summed E-state index contributed by atoms with van der Waals surface area (Å²) in [5, 5.41) is 0. The second-order valence-electron chi connectivity index (χ2n) is 8.49. The third kappa shape index (κ3) is 4.87. The van der Waals surface area contributed by atoms with Gasteiger partial charge in [0, 0.05) is 35.0 Å². The molecule has 0 bridgehead atoms. The molecule has 1 unspecified atom stereocenters. The molecule has 0 radical (unpaired) electrons. The van der Waals surface area contributed by atoms with E-state index in [9.17, 15) is 0 Å². The van der Waals surface area contributed by atoms with Gasteiger partial charge in [0.25, 0.3) is 0 Å². The Labute approximate surface area is 197 Å². The number of hydrogen-bond acceptors (Lipinski definition) is 4. The number of aromatic nitrogens is 1. The minimum absolute atomic E-state index is 0.352. The van der Waals surface area contributed by atoms with Crippen LogP contribution in [0.25, 0.3) is 11.3 Å².